The van der Waals surface area contributed by atoms with Crippen molar-refractivity contribution in [1.29, 1.82) is 0 Å². The SMILES string of the molecule is Cc1csc2nc(CSc3nnc(-c4c[nH]c5ccccc45)n3CC3CCCO3)cc(=O)n12. The lowest BCUT2D eigenvalue weighted by Gasteiger charge is -2.14. The van der Waals surface area contributed by atoms with E-state index in [9.17, 15) is 4.79 Å². The number of ether oxygens (including phenoxy) is 1. The van der Waals surface area contributed by atoms with Gasteiger partial charge in [0.2, 0.25) is 0 Å². The third kappa shape index (κ3) is 3.77. The standard InChI is InChI=1S/C23H22N6O2S2/c1-14-12-32-22-25-15(9-20(30)29(14)22)13-33-23-27-26-21(28(23)11-16-5-4-8-31-16)18-10-24-19-7-3-2-6-17(18)19/h2-3,6-7,9-10,12,16,24H,4-5,8,11,13H2,1H3. The van der Waals surface area contributed by atoms with Gasteiger partial charge in [0.1, 0.15) is 0 Å². The van der Waals surface area contributed by atoms with Crippen LogP contribution in [0.15, 0.2) is 51.9 Å². The predicted octanol–water partition coefficient (Wildman–Crippen LogP) is 4.28. The summed E-state index contributed by atoms with van der Waals surface area (Å²) in [6, 6.07) is 9.81. The zero-order valence-electron chi connectivity index (χ0n) is 18.0. The number of thiazole rings is 1. The molecule has 5 heterocycles. The largest absolute Gasteiger partial charge is 0.376 e. The van der Waals surface area contributed by atoms with Crippen molar-refractivity contribution in [2.24, 2.45) is 0 Å². The van der Waals surface area contributed by atoms with Gasteiger partial charge in [-0.3, -0.25) is 13.8 Å². The van der Waals surface area contributed by atoms with Crippen molar-refractivity contribution >= 4 is 39.0 Å². The van der Waals surface area contributed by atoms with Gasteiger partial charge < -0.3 is 9.72 Å². The fourth-order valence-corrected chi connectivity index (χ4v) is 6.05. The van der Waals surface area contributed by atoms with Gasteiger partial charge in [-0.1, -0.05) is 30.0 Å². The number of benzene rings is 1. The number of aromatic nitrogens is 6. The minimum atomic E-state index is -0.0466. The predicted molar refractivity (Wildman–Crippen MR) is 130 cm³/mol. The first-order valence-electron chi connectivity index (χ1n) is 10.9. The van der Waals surface area contributed by atoms with Gasteiger partial charge in [0.15, 0.2) is 15.9 Å². The van der Waals surface area contributed by atoms with Gasteiger partial charge in [-0.05, 0) is 25.8 Å². The maximum Gasteiger partial charge on any atom is 0.258 e. The van der Waals surface area contributed by atoms with E-state index in [4.69, 9.17) is 4.74 Å². The maximum absolute atomic E-state index is 12.5. The average molecular weight is 479 g/mol. The molecule has 1 saturated heterocycles. The lowest BCUT2D eigenvalue weighted by atomic mass is 10.1. The normalized spacial score (nSPS) is 16.3. The molecule has 4 aromatic heterocycles. The smallest absolute Gasteiger partial charge is 0.258 e. The summed E-state index contributed by atoms with van der Waals surface area (Å²) in [4.78, 5) is 21.3. The van der Waals surface area contributed by atoms with Crippen LogP contribution in [-0.2, 0) is 17.0 Å². The third-order valence-electron chi connectivity index (χ3n) is 5.93. The Labute approximate surface area is 197 Å². The Morgan fingerprint density at radius 3 is 3.09 bits per heavy atom. The van der Waals surface area contributed by atoms with Crippen LogP contribution in [0.4, 0.5) is 0 Å². The van der Waals surface area contributed by atoms with Crippen LogP contribution in [0, 0.1) is 6.92 Å². The van der Waals surface area contributed by atoms with Crippen LogP contribution in [-0.4, -0.2) is 41.8 Å². The summed E-state index contributed by atoms with van der Waals surface area (Å²) in [6.45, 7) is 3.41. The van der Waals surface area contributed by atoms with Crippen molar-refractivity contribution in [3.05, 3.63) is 63.7 Å². The minimum Gasteiger partial charge on any atom is -0.376 e. The third-order valence-corrected chi connectivity index (χ3v) is 7.88. The molecule has 6 rings (SSSR count). The van der Waals surface area contributed by atoms with E-state index in [-0.39, 0.29) is 11.7 Å². The number of aryl methyl sites for hydroxylation is 1. The molecule has 0 bridgehead atoms. The molecule has 0 saturated carbocycles. The summed E-state index contributed by atoms with van der Waals surface area (Å²) in [5, 5.41) is 13.0. The van der Waals surface area contributed by atoms with Crippen molar-refractivity contribution in [3.8, 4) is 11.4 Å². The molecule has 1 aliphatic rings. The van der Waals surface area contributed by atoms with Crippen molar-refractivity contribution in [3.63, 3.8) is 0 Å². The number of hydrogen-bond acceptors (Lipinski definition) is 7. The Bertz CT molecular complexity index is 1510. The van der Waals surface area contributed by atoms with Gasteiger partial charge in [0.25, 0.3) is 5.56 Å². The van der Waals surface area contributed by atoms with Crippen molar-refractivity contribution in [2.75, 3.05) is 6.61 Å². The molecule has 1 unspecified atom stereocenters. The highest BCUT2D eigenvalue weighted by Crippen LogP contribution is 2.32. The van der Waals surface area contributed by atoms with E-state index in [2.05, 4.69) is 36.9 Å². The van der Waals surface area contributed by atoms with E-state index < -0.39 is 0 Å². The minimum absolute atomic E-state index is 0.0466. The molecule has 0 aliphatic carbocycles. The molecule has 0 spiro atoms. The molecule has 33 heavy (non-hydrogen) atoms. The van der Waals surface area contributed by atoms with Crippen molar-refractivity contribution in [1.82, 2.24) is 29.1 Å². The maximum atomic E-state index is 12.5. The number of fused-ring (bicyclic) bond motifs is 2. The van der Waals surface area contributed by atoms with E-state index in [1.54, 1.807) is 22.2 Å². The fourth-order valence-electron chi connectivity index (χ4n) is 4.32. The molecular formula is C23H22N6O2S2. The second-order valence-electron chi connectivity index (χ2n) is 8.17. The zero-order valence-corrected chi connectivity index (χ0v) is 19.7. The summed E-state index contributed by atoms with van der Waals surface area (Å²) in [6.07, 6.45) is 4.25. The topological polar surface area (TPSA) is 90.1 Å². The van der Waals surface area contributed by atoms with Gasteiger partial charge in [-0.2, -0.15) is 0 Å². The number of rotatable bonds is 6. The molecular weight excluding hydrogens is 456 g/mol. The Hall–Kier alpha value is -2.95. The number of nitrogens with one attached hydrogen (secondary N) is 1. The molecule has 168 valence electrons. The number of H-pyrrole nitrogens is 1. The Morgan fingerprint density at radius 1 is 1.30 bits per heavy atom. The zero-order chi connectivity index (χ0) is 22.4. The highest BCUT2D eigenvalue weighted by Gasteiger charge is 2.23. The Morgan fingerprint density at radius 2 is 2.21 bits per heavy atom. The summed E-state index contributed by atoms with van der Waals surface area (Å²) in [5.41, 5.74) is 3.69. The Kier molecular flexibility index (Phi) is 5.28. The lowest BCUT2D eigenvalue weighted by Crippen LogP contribution is -2.17. The molecule has 0 radical (unpaired) electrons. The summed E-state index contributed by atoms with van der Waals surface area (Å²) in [5.74, 6) is 1.36. The van der Waals surface area contributed by atoms with Gasteiger partial charge >= 0.3 is 0 Å². The monoisotopic (exact) mass is 478 g/mol. The molecule has 1 N–H and O–H groups in total. The second-order valence-corrected chi connectivity index (χ2v) is 9.95. The first kappa shape index (κ1) is 20.6. The molecule has 10 heteroatoms. The van der Waals surface area contributed by atoms with Crippen LogP contribution >= 0.6 is 23.1 Å². The van der Waals surface area contributed by atoms with Gasteiger partial charge in [-0.15, -0.1) is 21.5 Å². The van der Waals surface area contributed by atoms with E-state index >= 15 is 0 Å². The van der Waals surface area contributed by atoms with Crippen molar-refractivity contribution in [2.45, 2.75) is 43.3 Å². The highest BCUT2D eigenvalue weighted by atomic mass is 32.2. The van der Waals surface area contributed by atoms with Crippen LogP contribution in [0.1, 0.15) is 24.2 Å². The van der Waals surface area contributed by atoms with Gasteiger partial charge in [-0.25, -0.2) is 4.98 Å². The van der Waals surface area contributed by atoms with E-state index in [1.807, 2.05) is 30.6 Å². The molecule has 1 aliphatic heterocycles. The van der Waals surface area contributed by atoms with Crippen LogP contribution in [0.3, 0.4) is 0 Å². The van der Waals surface area contributed by atoms with Crippen LogP contribution < -0.4 is 5.56 Å². The number of aromatic amines is 1. The van der Waals surface area contributed by atoms with E-state index in [0.717, 1.165) is 63.2 Å². The van der Waals surface area contributed by atoms with Crippen LogP contribution in [0.5, 0.6) is 0 Å². The quantitative estimate of drug-likeness (QED) is 0.367. The van der Waals surface area contributed by atoms with Crippen LogP contribution in [0.25, 0.3) is 27.3 Å². The molecule has 1 aromatic carbocycles. The molecule has 8 nitrogen and oxygen atoms in total. The van der Waals surface area contributed by atoms with Gasteiger partial charge in [0, 0.05) is 52.2 Å². The first-order chi connectivity index (χ1) is 16.2. The molecule has 0 amide bonds. The van der Waals surface area contributed by atoms with E-state index in [1.165, 1.54) is 11.3 Å². The summed E-state index contributed by atoms with van der Waals surface area (Å²) >= 11 is 3.03. The number of nitrogens with zero attached hydrogens (tertiary/aromatic N) is 5. The average Bonchev–Trinajstić information content (AvgIpc) is 3.60. The lowest BCUT2D eigenvalue weighted by molar-refractivity contribution is 0.0953. The number of para-hydroxylation sites is 1. The first-order valence-corrected chi connectivity index (χ1v) is 12.7. The number of thioether (sulfide) groups is 1. The van der Waals surface area contributed by atoms with Crippen LogP contribution in [0.2, 0.25) is 0 Å². The second kappa shape index (κ2) is 8.44. The van der Waals surface area contributed by atoms with Gasteiger partial charge in [0.05, 0.1) is 18.3 Å². The molecule has 1 atom stereocenters. The van der Waals surface area contributed by atoms with Crippen molar-refractivity contribution < 1.29 is 4.74 Å². The fraction of sp³-hybridized carbons (Fsp3) is 0.304. The number of hydrogen-bond donors (Lipinski definition) is 1. The Balaban J connectivity index is 1.35. The molecule has 1 fully saturated rings. The summed E-state index contributed by atoms with van der Waals surface area (Å²) in [7, 11) is 0. The summed E-state index contributed by atoms with van der Waals surface area (Å²) < 4.78 is 9.72. The highest BCUT2D eigenvalue weighted by molar-refractivity contribution is 7.98. The van der Waals surface area contributed by atoms with E-state index in [0.29, 0.717) is 12.3 Å². The molecule has 5 aromatic rings.